The molecule has 8 nitrogen and oxygen atoms in total. The van der Waals surface area contributed by atoms with Crippen molar-refractivity contribution in [3.8, 4) is 0 Å². The van der Waals surface area contributed by atoms with E-state index in [-0.39, 0.29) is 12.2 Å². The van der Waals surface area contributed by atoms with E-state index in [4.69, 9.17) is 5.11 Å². The molecule has 0 saturated heterocycles. The maximum atomic E-state index is 10.7. The van der Waals surface area contributed by atoms with Gasteiger partial charge in [0.2, 0.25) is 0 Å². The lowest BCUT2D eigenvalue weighted by molar-refractivity contribution is -0.392. The Balaban J connectivity index is 2.33. The number of carboxylic acids is 1. The summed E-state index contributed by atoms with van der Waals surface area (Å²) < 4.78 is 1.52. The summed E-state index contributed by atoms with van der Waals surface area (Å²) in [5.74, 6) is -0.258. The molecule has 0 amide bonds. The normalized spacial score (nSPS) is 10.5. The lowest BCUT2D eigenvalue weighted by Crippen LogP contribution is -2.22. The topological polar surface area (TPSA) is 110 Å². The molecule has 2 N–H and O–H groups in total. The van der Waals surface area contributed by atoms with E-state index < -0.39 is 10.9 Å². The van der Waals surface area contributed by atoms with E-state index in [1.165, 1.54) is 10.8 Å². The van der Waals surface area contributed by atoms with Crippen LogP contribution in [0.25, 0.3) is 0 Å². The highest BCUT2D eigenvalue weighted by Gasteiger charge is 2.16. The number of hydrogen-bond acceptors (Lipinski definition) is 5. The highest BCUT2D eigenvalue weighted by atomic mass is 16.6. The molecule has 0 aliphatic carbocycles. The van der Waals surface area contributed by atoms with Crippen LogP contribution in [0.5, 0.6) is 0 Å². The second-order valence-corrected chi connectivity index (χ2v) is 3.82. The van der Waals surface area contributed by atoms with Crippen molar-refractivity contribution in [2.45, 2.75) is 26.3 Å². The molecule has 8 heteroatoms. The summed E-state index contributed by atoms with van der Waals surface area (Å²) in [5.41, 5.74) is 0. The zero-order valence-electron chi connectivity index (χ0n) is 10.1. The van der Waals surface area contributed by atoms with Crippen LogP contribution in [0.3, 0.4) is 0 Å². The minimum Gasteiger partial charge on any atom is -0.481 e. The van der Waals surface area contributed by atoms with Gasteiger partial charge < -0.3 is 20.5 Å². The average Bonchev–Trinajstić information content (AvgIpc) is 2.65. The molecule has 1 heterocycles. The number of rotatable bonds is 8. The van der Waals surface area contributed by atoms with Gasteiger partial charge in [0.1, 0.15) is 12.7 Å². The van der Waals surface area contributed by atoms with Gasteiger partial charge in [-0.2, -0.15) is 0 Å². The van der Waals surface area contributed by atoms with Gasteiger partial charge in [-0.3, -0.25) is 4.79 Å². The average molecular weight is 256 g/mol. The summed E-state index contributed by atoms with van der Waals surface area (Å²) in [6.07, 6.45) is 1.90. The molecule has 18 heavy (non-hydrogen) atoms. The van der Waals surface area contributed by atoms with Crippen LogP contribution in [0.2, 0.25) is 0 Å². The maximum Gasteiger partial charge on any atom is 0.342 e. The highest BCUT2D eigenvalue weighted by molar-refractivity contribution is 5.66. The number of carboxylic acid groups (broad SMARTS) is 1. The molecule has 0 fully saturated rings. The number of aromatic nitrogens is 2. The van der Waals surface area contributed by atoms with Gasteiger partial charge in [0, 0.05) is 19.9 Å². The van der Waals surface area contributed by atoms with E-state index in [1.807, 2.05) is 0 Å². The third-order valence-electron chi connectivity index (χ3n) is 2.48. The number of imidazole rings is 1. The molecule has 1 aromatic rings. The van der Waals surface area contributed by atoms with Crippen LogP contribution >= 0.6 is 0 Å². The van der Waals surface area contributed by atoms with Gasteiger partial charge in [-0.05, 0) is 17.9 Å². The minimum absolute atomic E-state index is 0.0279. The van der Waals surface area contributed by atoms with Crippen LogP contribution < -0.4 is 5.32 Å². The smallest absolute Gasteiger partial charge is 0.342 e. The molecule has 0 saturated carbocycles. The SMILES string of the molecule is Cc1ncc([N+](=O)[O-])n1CCNCCCC(=O)O. The van der Waals surface area contributed by atoms with Gasteiger partial charge in [0.15, 0.2) is 5.82 Å². The first-order chi connectivity index (χ1) is 8.52. The van der Waals surface area contributed by atoms with Crippen LogP contribution in [-0.2, 0) is 11.3 Å². The Labute approximate surface area is 104 Å². The molecule has 1 aromatic heterocycles. The van der Waals surface area contributed by atoms with Crippen molar-refractivity contribution in [1.82, 2.24) is 14.9 Å². The van der Waals surface area contributed by atoms with Gasteiger partial charge >= 0.3 is 11.8 Å². The van der Waals surface area contributed by atoms with E-state index in [0.29, 0.717) is 31.9 Å². The van der Waals surface area contributed by atoms with Crippen molar-refractivity contribution in [2.24, 2.45) is 0 Å². The van der Waals surface area contributed by atoms with E-state index >= 15 is 0 Å². The van der Waals surface area contributed by atoms with Gasteiger partial charge in [-0.1, -0.05) is 0 Å². The molecule has 1 rings (SSSR count). The third kappa shape index (κ3) is 4.13. The van der Waals surface area contributed by atoms with Crippen molar-refractivity contribution in [1.29, 1.82) is 0 Å². The Kier molecular flexibility index (Phi) is 5.25. The van der Waals surface area contributed by atoms with Gasteiger partial charge in [0.05, 0.1) is 0 Å². The fraction of sp³-hybridized carbons (Fsp3) is 0.600. The van der Waals surface area contributed by atoms with E-state index in [1.54, 1.807) is 6.92 Å². The molecule has 100 valence electrons. The molecule has 0 spiro atoms. The molecule has 0 aliphatic rings. The molecule has 0 bridgehead atoms. The predicted molar refractivity (Wildman–Crippen MR) is 63.4 cm³/mol. The molecule has 0 atom stereocenters. The predicted octanol–water partition coefficient (Wildman–Crippen LogP) is 0.554. The fourth-order valence-corrected chi connectivity index (χ4v) is 1.56. The van der Waals surface area contributed by atoms with Crippen LogP contribution in [0.4, 0.5) is 5.82 Å². The summed E-state index contributed by atoms with van der Waals surface area (Å²) >= 11 is 0. The van der Waals surface area contributed by atoms with Crippen LogP contribution in [0, 0.1) is 17.0 Å². The molecule has 0 unspecified atom stereocenters. The maximum absolute atomic E-state index is 10.7. The molecular formula is C10H16N4O4. The van der Waals surface area contributed by atoms with Crippen LogP contribution in [0.15, 0.2) is 6.20 Å². The van der Waals surface area contributed by atoms with Crippen molar-refractivity contribution in [2.75, 3.05) is 13.1 Å². The van der Waals surface area contributed by atoms with Gasteiger partial charge in [0.25, 0.3) is 0 Å². The summed E-state index contributed by atoms with van der Waals surface area (Å²) in [4.78, 5) is 24.4. The first-order valence-electron chi connectivity index (χ1n) is 5.61. The number of nitro groups is 1. The largest absolute Gasteiger partial charge is 0.481 e. The Morgan fingerprint density at radius 3 is 2.94 bits per heavy atom. The van der Waals surface area contributed by atoms with Crippen LogP contribution in [0.1, 0.15) is 18.7 Å². The number of aryl methyl sites for hydroxylation is 1. The minimum atomic E-state index is -0.821. The van der Waals surface area contributed by atoms with Crippen molar-refractivity contribution < 1.29 is 14.8 Å². The Hall–Kier alpha value is -1.96. The summed E-state index contributed by atoms with van der Waals surface area (Å²) in [6.45, 7) is 3.26. The summed E-state index contributed by atoms with van der Waals surface area (Å²) in [5, 5.41) is 22.2. The molecule has 0 aromatic carbocycles. The first kappa shape index (κ1) is 14.1. The second-order valence-electron chi connectivity index (χ2n) is 3.82. The monoisotopic (exact) mass is 256 g/mol. The Bertz CT molecular complexity index is 430. The number of nitrogens with one attached hydrogen (secondary N) is 1. The van der Waals surface area contributed by atoms with E-state index in [9.17, 15) is 14.9 Å². The number of hydrogen-bond donors (Lipinski definition) is 2. The lowest BCUT2D eigenvalue weighted by atomic mass is 10.3. The van der Waals surface area contributed by atoms with Crippen molar-refractivity contribution in [3.05, 3.63) is 22.1 Å². The molecule has 0 aliphatic heterocycles. The standard InChI is InChI=1S/C10H16N4O4/c1-8-12-7-9(14(17)18)13(8)6-5-11-4-2-3-10(15)16/h7,11H,2-6H2,1H3,(H,15,16). The molecular weight excluding hydrogens is 240 g/mol. The van der Waals surface area contributed by atoms with E-state index in [2.05, 4.69) is 10.3 Å². The number of carbonyl (C=O) groups is 1. The lowest BCUT2D eigenvalue weighted by Gasteiger charge is -2.04. The van der Waals surface area contributed by atoms with Gasteiger partial charge in [-0.15, -0.1) is 0 Å². The first-order valence-corrected chi connectivity index (χ1v) is 5.61. The summed E-state index contributed by atoms with van der Waals surface area (Å²) in [6, 6.07) is 0. The van der Waals surface area contributed by atoms with Crippen molar-refractivity contribution in [3.63, 3.8) is 0 Å². The number of aliphatic carboxylic acids is 1. The number of nitrogens with zero attached hydrogens (tertiary/aromatic N) is 3. The molecule has 0 radical (unpaired) electrons. The second kappa shape index (κ2) is 6.70. The zero-order chi connectivity index (χ0) is 13.5. The van der Waals surface area contributed by atoms with Crippen molar-refractivity contribution >= 4 is 11.8 Å². The highest BCUT2D eigenvalue weighted by Crippen LogP contribution is 2.12. The van der Waals surface area contributed by atoms with Gasteiger partial charge in [-0.25, -0.2) is 9.55 Å². The fourth-order valence-electron chi connectivity index (χ4n) is 1.56. The summed E-state index contributed by atoms with van der Waals surface area (Å²) in [7, 11) is 0. The third-order valence-corrected chi connectivity index (χ3v) is 2.48. The Morgan fingerprint density at radius 1 is 1.61 bits per heavy atom. The zero-order valence-corrected chi connectivity index (χ0v) is 10.1. The quantitative estimate of drug-likeness (QED) is 0.399. The Morgan fingerprint density at radius 2 is 2.33 bits per heavy atom. The van der Waals surface area contributed by atoms with E-state index in [0.717, 1.165) is 0 Å². The van der Waals surface area contributed by atoms with Crippen LogP contribution in [-0.4, -0.2) is 38.6 Å².